The van der Waals surface area contributed by atoms with Gasteiger partial charge in [0.05, 0.1) is 5.60 Å². The average molecular weight is 263 g/mol. The molecule has 1 fully saturated rings. The smallest absolute Gasteiger partial charge is 0.166 e. The highest BCUT2D eigenvalue weighted by atomic mass is 16.3. The molecule has 106 valence electrons. The Kier molecular flexibility index (Phi) is 5.27. The summed E-state index contributed by atoms with van der Waals surface area (Å²) in [5.41, 5.74) is 0.746. The van der Waals surface area contributed by atoms with Gasteiger partial charge in [-0.3, -0.25) is 4.79 Å². The van der Waals surface area contributed by atoms with Crippen LogP contribution in [0.25, 0.3) is 0 Å². The van der Waals surface area contributed by atoms with Crippen molar-refractivity contribution in [3.8, 4) is 0 Å². The maximum atomic E-state index is 12.3. The molecule has 1 aliphatic heterocycles. The van der Waals surface area contributed by atoms with Gasteiger partial charge in [0.25, 0.3) is 0 Å². The molecule has 0 saturated carbocycles. The standard InChI is InChI=1S/C15H21NO2.CH4/c1-15(2,18)13-5-3-11(4-6-13)14(17)12-7-9-16-10-8-12;/h3-6,12,16,18H,7-10H2,1-2H3;1H4. The number of rotatable bonds is 3. The van der Waals surface area contributed by atoms with E-state index in [-0.39, 0.29) is 19.1 Å². The maximum absolute atomic E-state index is 12.3. The topological polar surface area (TPSA) is 49.3 Å². The van der Waals surface area contributed by atoms with Gasteiger partial charge in [-0.25, -0.2) is 0 Å². The number of hydrogen-bond donors (Lipinski definition) is 2. The minimum Gasteiger partial charge on any atom is -0.386 e. The largest absolute Gasteiger partial charge is 0.386 e. The quantitative estimate of drug-likeness (QED) is 0.824. The second-order valence-electron chi connectivity index (χ2n) is 5.52. The predicted octanol–water partition coefficient (Wildman–Crippen LogP) is 2.73. The molecule has 1 aliphatic rings. The van der Waals surface area contributed by atoms with Gasteiger partial charge in [-0.1, -0.05) is 31.7 Å². The molecule has 1 saturated heterocycles. The fraction of sp³-hybridized carbons (Fsp3) is 0.562. The first-order chi connectivity index (χ1) is 8.48. The molecule has 0 amide bonds. The van der Waals surface area contributed by atoms with Crippen LogP contribution in [0.5, 0.6) is 0 Å². The predicted molar refractivity (Wildman–Crippen MR) is 78.3 cm³/mol. The van der Waals surface area contributed by atoms with E-state index in [2.05, 4.69) is 5.32 Å². The minimum atomic E-state index is -0.851. The highest BCUT2D eigenvalue weighted by Gasteiger charge is 2.23. The molecule has 0 radical (unpaired) electrons. The van der Waals surface area contributed by atoms with E-state index in [4.69, 9.17) is 0 Å². The lowest BCUT2D eigenvalue weighted by molar-refractivity contribution is 0.0783. The summed E-state index contributed by atoms with van der Waals surface area (Å²) in [7, 11) is 0. The summed E-state index contributed by atoms with van der Waals surface area (Å²) in [5.74, 6) is 0.387. The lowest BCUT2D eigenvalue weighted by Gasteiger charge is -2.22. The highest BCUT2D eigenvalue weighted by Crippen LogP contribution is 2.22. The Labute approximate surface area is 116 Å². The second-order valence-corrected chi connectivity index (χ2v) is 5.52. The van der Waals surface area contributed by atoms with Crippen LogP contribution in [-0.2, 0) is 5.60 Å². The zero-order chi connectivity index (χ0) is 13.2. The number of carbonyl (C=O) groups excluding carboxylic acids is 1. The second kappa shape index (κ2) is 6.31. The molecular weight excluding hydrogens is 238 g/mol. The van der Waals surface area contributed by atoms with E-state index in [1.165, 1.54) is 0 Å². The van der Waals surface area contributed by atoms with Crippen molar-refractivity contribution in [3.63, 3.8) is 0 Å². The molecule has 0 aromatic heterocycles. The molecule has 3 heteroatoms. The van der Waals surface area contributed by atoms with Crippen molar-refractivity contribution in [1.82, 2.24) is 5.32 Å². The number of aliphatic hydroxyl groups is 1. The zero-order valence-corrected chi connectivity index (χ0v) is 11.1. The molecule has 0 spiro atoms. The maximum Gasteiger partial charge on any atom is 0.166 e. The molecule has 1 heterocycles. The van der Waals surface area contributed by atoms with Crippen molar-refractivity contribution in [3.05, 3.63) is 35.4 Å². The normalized spacial score (nSPS) is 16.8. The zero-order valence-electron chi connectivity index (χ0n) is 11.1. The van der Waals surface area contributed by atoms with Crippen molar-refractivity contribution in [2.45, 2.75) is 39.7 Å². The van der Waals surface area contributed by atoms with Crippen LogP contribution in [0.15, 0.2) is 24.3 Å². The summed E-state index contributed by atoms with van der Waals surface area (Å²) in [6.45, 7) is 5.35. The minimum absolute atomic E-state index is 0. The van der Waals surface area contributed by atoms with Gasteiger partial charge in [0.15, 0.2) is 5.78 Å². The van der Waals surface area contributed by atoms with E-state index in [1.54, 1.807) is 13.8 Å². The molecule has 0 bridgehead atoms. The van der Waals surface area contributed by atoms with E-state index >= 15 is 0 Å². The van der Waals surface area contributed by atoms with Crippen molar-refractivity contribution in [2.75, 3.05) is 13.1 Å². The summed E-state index contributed by atoms with van der Waals surface area (Å²) in [6, 6.07) is 7.35. The van der Waals surface area contributed by atoms with Gasteiger partial charge in [-0.15, -0.1) is 0 Å². The van der Waals surface area contributed by atoms with Crippen LogP contribution in [0.3, 0.4) is 0 Å². The summed E-state index contributed by atoms with van der Waals surface area (Å²) >= 11 is 0. The monoisotopic (exact) mass is 263 g/mol. The first kappa shape index (κ1) is 15.9. The van der Waals surface area contributed by atoms with Crippen molar-refractivity contribution in [2.24, 2.45) is 5.92 Å². The molecule has 2 N–H and O–H groups in total. The van der Waals surface area contributed by atoms with Crippen LogP contribution in [0, 0.1) is 5.92 Å². The fourth-order valence-corrected chi connectivity index (χ4v) is 2.36. The fourth-order valence-electron chi connectivity index (χ4n) is 2.36. The van der Waals surface area contributed by atoms with Gasteiger partial charge in [0.1, 0.15) is 0 Å². The summed E-state index contributed by atoms with van der Waals surface area (Å²) < 4.78 is 0. The summed E-state index contributed by atoms with van der Waals surface area (Å²) in [6.07, 6.45) is 1.85. The molecular formula is C16H25NO2. The number of benzene rings is 1. The summed E-state index contributed by atoms with van der Waals surface area (Å²) in [4.78, 5) is 12.3. The van der Waals surface area contributed by atoms with E-state index in [0.717, 1.165) is 37.1 Å². The average Bonchev–Trinajstić information content (AvgIpc) is 2.38. The molecule has 19 heavy (non-hydrogen) atoms. The van der Waals surface area contributed by atoms with E-state index in [9.17, 15) is 9.90 Å². The van der Waals surface area contributed by atoms with Crippen molar-refractivity contribution >= 4 is 5.78 Å². The Morgan fingerprint density at radius 2 is 1.74 bits per heavy atom. The van der Waals surface area contributed by atoms with Crippen LogP contribution >= 0.6 is 0 Å². The van der Waals surface area contributed by atoms with Crippen molar-refractivity contribution < 1.29 is 9.90 Å². The van der Waals surface area contributed by atoms with Crippen LogP contribution in [0.1, 0.15) is 50.0 Å². The summed E-state index contributed by atoms with van der Waals surface area (Å²) in [5, 5.41) is 13.1. The Bertz CT molecular complexity index is 411. The number of carbonyl (C=O) groups is 1. The van der Waals surface area contributed by atoms with Gasteiger partial charge in [0.2, 0.25) is 0 Å². The number of piperidine rings is 1. The van der Waals surface area contributed by atoms with Gasteiger partial charge in [0, 0.05) is 11.5 Å². The third kappa shape index (κ3) is 3.88. The lowest BCUT2D eigenvalue weighted by atomic mass is 9.88. The molecule has 1 aromatic carbocycles. The molecule has 3 nitrogen and oxygen atoms in total. The van der Waals surface area contributed by atoms with E-state index < -0.39 is 5.60 Å². The van der Waals surface area contributed by atoms with Gasteiger partial charge in [-0.2, -0.15) is 0 Å². The molecule has 0 aliphatic carbocycles. The SMILES string of the molecule is C.CC(C)(O)c1ccc(C(=O)C2CCNCC2)cc1. The molecule has 2 rings (SSSR count). The van der Waals surface area contributed by atoms with E-state index in [1.807, 2.05) is 24.3 Å². The Balaban J connectivity index is 0.00000180. The lowest BCUT2D eigenvalue weighted by Crippen LogP contribution is -2.31. The van der Waals surface area contributed by atoms with Crippen molar-refractivity contribution in [1.29, 1.82) is 0 Å². The van der Waals surface area contributed by atoms with E-state index in [0.29, 0.717) is 0 Å². The first-order valence-corrected chi connectivity index (χ1v) is 6.56. The third-order valence-corrected chi connectivity index (χ3v) is 3.59. The number of hydrogen-bond acceptors (Lipinski definition) is 3. The number of nitrogens with one attached hydrogen (secondary N) is 1. The molecule has 1 aromatic rings. The van der Waals surface area contributed by atoms with Crippen LogP contribution < -0.4 is 5.32 Å². The molecule has 0 unspecified atom stereocenters. The van der Waals surface area contributed by atoms with Gasteiger partial charge >= 0.3 is 0 Å². The third-order valence-electron chi connectivity index (χ3n) is 3.59. The van der Waals surface area contributed by atoms with Gasteiger partial charge in [-0.05, 0) is 45.3 Å². The Hall–Kier alpha value is -1.19. The number of ketones is 1. The molecule has 0 atom stereocenters. The Morgan fingerprint density at radius 3 is 2.21 bits per heavy atom. The van der Waals surface area contributed by atoms with Gasteiger partial charge < -0.3 is 10.4 Å². The highest BCUT2D eigenvalue weighted by molar-refractivity contribution is 5.97. The van der Waals surface area contributed by atoms with Crippen LogP contribution in [0.4, 0.5) is 0 Å². The van der Waals surface area contributed by atoms with Crippen LogP contribution in [0.2, 0.25) is 0 Å². The Morgan fingerprint density at radius 1 is 1.21 bits per heavy atom. The number of Topliss-reactive ketones (excluding diaryl/α,β-unsaturated/α-hetero) is 1. The van der Waals surface area contributed by atoms with Crippen LogP contribution in [-0.4, -0.2) is 24.0 Å². The first-order valence-electron chi connectivity index (χ1n) is 6.56.